The van der Waals surface area contributed by atoms with Crippen molar-refractivity contribution in [3.8, 4) is 0 Å². The second-order valence-corrected chi connectivity index (χ2v) is 6.21. The monoisotopic (exact) mass is 368 g/mol. The van der Waals surface area contributed by atoms with Crippen molar-refractivity contribution in [3.05, 3.63) is 12.2 Å². The third-order valence-electron chi connectivity index (χ3n) is 4.44. The van der Waals surface area contributed by atoms with E-state index in [0.29, 0.717) is 36.7 Å². The highest BCUT2D eigenvalue weighted by atomic mass is 16.6. The first-order valence-electron chi connectivity index (χ1n) is 8.17. The maximum absolute atomic E-state index is 10.5. The van der Waals surface area contributed by atoms with Gasteiger partial charge < -0.3 is 36.2 Å². The number of likely N-dealkylation sites (N-methyl/N-ethyl adjacent to an activating group) is 1. The van der Waals surface area contributed by atoms with Gasteiger partial charge in [0.2, 0.25) is 0 Å². The fourth-order valence-electron chi connectivity index (χ4n) is 3.08. The van der Waals surface area contributed by atoms with Crippen LogP contribution in [0.15, 0.2) is 6.33 Å². The molecule has 3 rings (SSSR count). The molecule has 1 saturated heterocycles. The van der Waals surface area contributed by atoms with Gasteiger partial charge in [0.05, 0.1) is 13.2 Å². The number of nitrogen functional groups attached to an aromatic ring is 1. The maximum Gasteiger partial charge on any atom is 0.167 e. The van der Waals surface area contributed by atoms with Gasteiger partial charge in [-0.2, -0.15) is 0 Å². The van der Waals surface area contributed by atoms with Crippen molar-refractivity contribution in [2.24, 2.45) is 11.6 Å². The second-order valence-electron chi connectivity index (χ2n) is 6.21. The Morgan fingerprint density at radius 2 is 2.12 bits per heavy atom. The van der Waals surface area contributed by atoms with Gasteiger partial charge in [-0.3, -0.25) is 4.57 Å². The smallest absolute Gasteiger partial charge is 0.167 e. The Hall–Kier alpha value is -1.93. The number of aromatic nitrogens is 4. The van der Waals surface area contributed by atoms with Gasteiger partial charge in [-0.15, -0.1) is 0 Å². The SMILES string of the molecule is CN(CCON)C[C@H]1O[C@@H](n2c(CN)nc3c(N)ncnc32)[C@H](O)[C@@H]1O. The maximum atomic E-state index is 10.5. The zero-order valence-corrected chi connectivity index (χ0v) is 14.4. The summed E-state index contributed by atoms with van der Waals surface area (Å²) >= 11 is 0. The van der Waals surface area contributed by atoms with E-state index in [-0.39, 0.29) is 12.4 Å². The van der Waals surface area contributed by atoms with E-state index in [2.05, 4.69) is 19.8 Å². The first kappa shape index (κ1) is 18.8. The molecule has 0 bridgehead atoms. The number of anilines is 1. The van der Waals surface area contributed by atoms with E-state index in [0.717, 1.165) is 0 Å². The minimum Gasteiger partial charge on any atom is -0.387 e. The second kappa shape index (κ2) is 7.75. The lowest BCUT2D eigenvalue weighted by molar-refractivity contribution is -0.0449. The fourth-order valence-corrected chi connectivity index (χ4v) is 3.08. The van der Waals surface area contributed by atoms with Crippen molar-refractivity contribution >= 4 is 17.0 Å². The highest BCUT2D eigenvalue weighted by Gasteiger charge is 2.45. The predicted molar refractivity (Wildman–Crippen MR) is 91.2 cm³/mol. The van der Waals surface area contributed by atoms with Crippen molar-refractivity contribution in [1.82, 2.24) is 24.4 Å². The van der Waals surface area contributed by atoms with Crippen molar-refractivity contribution in [2.75, 3.05) is 32.5 Å². The Balaban J connectivity index is 1.88. The van der Waals surface area contributed by atoms with E-state index in [9.17, 15) is 10.2 Å². The molecule has 12 heteroatoms. The van der Waals surface area contributed by atoms with Crippen molar-refractivity contribution < 1.29 is 19.8 Å². The van der Waals surface area contributed by atoms with Crippen molar-refractivity contribution in [1.29, 1.82) is 0 Å². The van der Waals surface area contributed by atoms with Gasteiger partial charge >= 0.3 is 0 Å². The highest BCUT2D eigenvalue weighted by Crippen LogP contribution is 2.33. The quantitative estimate of drug-likeness (QED) is 0.320. The van der Waals surface area contributed by atoms with Crippen LogP contribution in [0.25, 0.3) is 11.2 Å². The average Bonchev–Trinajstić information content (AvgIpc) is 3.13. The number of nitrogens with two attached hydrogens (primary N) is 3. The lowest BCUT2D eigenvalue weighted by Crippen LogP contribution is -2.39. The number of hydrogen-bond donors (Lipinski definition) is 5. The number of aliphatic hydroxyl groups is 2. The van der Waals surface area contributed by atoms with Gasteiger partial charge in [0.25, 0.3) is 0 Å². The molecule has 4 atom stereocenters. The number of hydrogen-bond acceptors (Lipinski definition) is 11. The summed E-state index contributed by atoms with van der Waals surface area (Å²) in [7, 11) is 1.83. The molecule has 26 heavy (non-hydrogen) atoms. The summed E-state index contributed by atoms with van der Waals surface area (Å²) in [5.74, 6) is 5.65. The molecule has 1 aliphatic heterocycles. The molecule has 0 aromatic carbocycles. The number of nitrogens with zero attached hydrogens (tertiary/aromatic N) is 5. The first-order valence-corrected chi connectivity index (χ1v) is 8.17. The van der Waals surface area contributed by atoms with Crippen LogP contribution in [-0.4, -0.2) is 79.7 Å². The Labute approximate surface area is 149 Å². The Morgan fingerprint density at radius 3 is 2.81 bits per heavy atom. The topological polar surface area (TPSA) is 184 Å². The van der Waals surface area contributed by atoms with Gasteiger partial charge in [-0.1, -0.05) is 0 Å². The average molecular weight is 368 g/mol. The van der Waals surface area contributed by atoms with Crippen LogP contribution in [0.1, 0.15) is 12.1 Å². The lowest BCUT2D eigenvalue weighted by atomic mass is 10.1. The zero-order chi connectivity index (χ0) is 18.8. The van der Waals surface area contributed by atoms with Crippen molar-refractivity contribution in [3.63, 3.8) is 0 Å². The van der Waals surface area contributed by atoms with Gasteiger partial charge in [-0.05, 0) is 7.05 Å². The molecule has 0 amide bonds. The summed E-state index contributed by atoms with van der Waals surface area (Å²) in [5.41, 5.74) is 12.4. The Morgan fingerprint density at radius 1 is 1.35 bits per heavy atom. The summed E-state index contributed by atoms with van der Waals surface area (Å²) in [5, 5.41) is 20.9. The van der Waals surface area contributed by atoms with Crippen LogP contribution in [0.4, 0.5) is 5.82 Å². The standard InChI is InChI=1S/C14H24N8O4/c1-21(2-3-25-17)5-7-10(23)11(24)14(26-7)22-8(4-15)20-9-12(16)18-6-19-13(9)22/h6-7,10-11,14,23-24H,2-5,15,17H2,1H3,(H2,16,18,19)/t7-,10-,11-,14-/m1/s1. The van der Waals surface area contributed by atoms with E-state index < -0.39 is 24.5 Å². The molecule has 0 saturated carbocycles. The van der Waals surface area contributed by atoms with Crippen LogP contribution < -0.4 is 17.4 Å². The van der Waals surface area contributed by atoms with Gasteiger partial charge in [0.15, 0.2) is 23.2 Å². The van der Waals surface area contributed by atoms with E-state index in [4.69, 9.17) is 22.1 Å². The van der Waals surface area contributed by atoms with Gasteiger partial charge in [-0.25, -0.2) is 20.8 Å². The number of rotatable bonds is 7. The zero-order valence-electron chi connectivity index (χ0n) is 14.4. The molecule has 1 fully saturated rings. The lowest BCUT2D eigenvalue weighted by Gasteiger charge is -2.22. The van der Waals surface area contributed by atoms with Crippen LogP contribution in [0, 0.1) is 0 Å². The highest BCUT2D eigenvalue weighted by molar-refractivity contribution is 5.81. The van der Waals surface area contributed by atoms with Crippen LogP contribution in [-0.2, 0) is 16.1 Å². The predicted octanol–water partition coefficient (Wildman–Crippen LogP) is -2.69. The van der Waals surface area contributed by atoms with Crippen LogP contribution in [0.3, 0.4) is 0 Å². The molecule has 0 spiro atoms. The third kappa shape index (κ3) is 3.35. The van der Waals surface area contributed by atoms with Crippen molar-refractivity contribution in [2.45, 2.75) is 31.1 Å². The molecule has 0 unspecified atom stereocenters. The molecule has 2 aromatic rings. The minimum atomic E-state index is -1.18. The molecule has 8 N–H and O–H groups in total. The number of aliphatic hydroxyl groups excluding tert-OH is 2. The number of fused-ring (bicyclic) bond motifs is 1. The summed E-state index contributed by atoms with van der Waals surface area (Å²) in [6.07, 6.45) is -2.50. The Bertz CT molecular complexity index is 756. The van der Waals surface area contributed by atoms with Crippen LogP contribution in [0.5, 0.6) is 0 Å². The van der Waals surface area contributed by atoms with Gasteiger partial charge in [0, 0.05) is 13.1 Å². The molecular formula is C14H24N8O4. The van der Waals surface area contributed by atoms with E-state index in [1.165, 1.54) is 6.33 Å². The molecule has 1 aliphatic rings. The number of ether oxygens (including phenoxy) is 1. The van der Waals surface area contributed by atoms with Gasteiger partial charge in [0.1, 0.15) is 30.5 Å². The first-order chi connectivity index (χ1) is 12.5. The third-order valence-corrected chi connectivity index (χ3v) is 4.44. The molecule has 3 heterocycles. The van der Waals surface area contributed by atoms with Crippen LogP contribution >= 0.6 is 0 Å². The molecule has 0 radical (unpaired) electrons. The Kier molecular flexibility index (Phi) is 5.62. The van der Waals surface area contributed by atoms with Crippen LogP contribution in [0.2, 0.25) is 0 Å². The molecule has 2 aromatic heterocycles. The van der Waals surface area contributed by atoms with E-state index in [1.54, 1.807) is 4.57 Å². The summed E-state index contributed by atoms with van der Waals surface area (Å²) in [6, 6.07) is 0. The molecule has 144 valence electrons. The summed E-state index contributed by atoms with van der Waals surface area (Å²) in [6.45, 7) is 1.34. The summed E-state index contributed by atoms with van der Waals surface area (Å²) in [4.78, 5) is 18.9. The fraction of sp³-hybridized carbons (Fsp3) is 0.643. The summed E-state index contributed by atoms with van der Waals surface area (Å²) < 4.78 is 7.48. The van der Waals surface area contributed by atoms with E-state index in [1.807, 2.05) is 11.9 Å². The molecule has 12 nitrogen and oxygen atoms in total. The largest absolute Gasteiger partial charge is 0.387 e. The molecular weight excluding hydrogens is 344 g/mol. The van der Waals surface area contributed by atoms with E-state index >= 15 is 0 Å². The normalized spacial score (nSPS) is 26.2. The molecule has 0 aliphatic carbocycles. The number of imidazole rings is 1. The minimum absolute atomic E-state index is 0.0802.